The molecular formula is C20H16N4O2S2. The predicted molar refractivity (Wildman–Crippen MR) is 108 cm³/mol. The highest BCUT2D eigenvalue weighted by atomic mass is 32.2. The number of nitrogens with zero attached hydrogens (tertiary/aromatic N) is 2. The molecule has 140 valence electrons. The van der Waals surface area contributed by atoms with Gasteiger partial charge in [-0.3, -0.25) is 5.10 Å². The second kappa shape index (κ2) is 6.73. The maximum atomic E-state index is 13.1. The number of thioether (sulfide) groups is 1. The van der Waals surface area contributed by atoms with Crippen LogP contribution in [0.4, 0.5) is 0 Å². The molecule has 0 bridgehead atoms. The van der Waals surface area contributed by atoms with Crippen LogP contribution in [0.15, 0.2) is 83.1 Å². The van der Waals surface area contributed by atoms with E-state index in [0.29, 0.717) is 5.16 Å². The Morgan fingerprint density at radius 3 is 2.39 bits per heavy atom. The van der Waals surface area contributed by atoms with E-state index in [-0.39, 0.29) is 10.1 Å². The second-order valence-electron chi connectivity index (χ2n) is 6.53. The van der Waals surface area contributed by atoms with E-state index in [1.54, 1.807) is 30.3 Å². The Morgan fingerprint density at radius 2 is 1.68 bits per heavy atom. The molecule has 1 heterocycles. The van der Waals surface area contributed by atoms with Crippen molar-refractivity contribution in [1.29, 1.82) is 0 Å². The summed E-state index contributed by atoms with van der Waals surface area (Å²) in [5.41, 5.74) is 2.07. The summed E-state index contributed by atoms with van der Waals surface area (Å²) in [5.74, 6) is 0. The molecule has 3 aromatic carbocycles. The van der Waals surface area contributed by atoms with Crippen molar-refractivity contribution in [1.82, 2.24) is 19.9 Å². The van der Waals surface area contributed by atoms with E-state index in [2.05, 4.69) is 26.0 Å². The van der Waals surface area contributed by atoms with Crippen LogP contribution in [0, 0.1) is 0 Å². The summed E-state index contributed by atoms with van der Waals surface area (Å²) in [5, 5.41) is 9.47. The number of aromatic amines is 1. The smallest absolute Gasteiger partial charge is 0.241 e. The zero-order valence-corrected chi connectivity index (χ0v) is 16.2. The summed E-state index contributed by atoms with van der Waals surface area (Å²) >= 11 is 1.48. The van der Waals surface area contributed by atoms with Gasteiger partial charge in [-0.05, 0) is 34.0 Å². The van der Waals surface area contributed by atoms with Crippen LogP contribution >= 0.6 is 11.8 Å². The van der Waals surface area contributed by atoms with Crippen molar-refractivity contribution in [3.8, 4) is 0 Å². The van der Waals surface area contributed by atoms with Gasteiger partial charge in [0.05, 0.1) is 16.2 Å². The SMILES string of the molecule is O=S(=O)(N[C@@H]1c2cccc3cccc(c23)[C@H]1Sc1ncn[nH]1)c1ccccc1. The molecule has 4 aromatic rings. The Hall–Kier alpha value is -2.68. The van der Waals surface area contributed by atoms with Crippen LogP contribution in [0.3, 0.4) is 0 Å². The molecule has 1 aliphatic rings. The van der Waals surface area contributed by atoms with E-state index in [1.165, 1.54) is 18.1 Å². The van der Waals surface area contributed by atoms with Gasteiger partial charge in [-0.1, -0.05) is 66.4 Å². The molecule has 1 aromatic heterocycles. The van der Waals surface area contributed by atoms with Crippen molar-refractivity contribution < 1.29 is 8.42 Å². The van der Waals surface area contributed by atoms with Gasteiger partial charge < -0.3 is 0 Å². The quantitative estimate of drug-likeness (QED) is 0.524. The maximum absolute atomic E-state index is 13.1. The lowest BCUT2D eigenvalue weighted by molar-refractivity contribution is 0.557. The number of benzene rings is 3. The van der Waals surface area contributed by atoms with Gasteiger partial charge in [0.25, 0.3) is 0 Å². The minimum atomic E-state index is -3.68. The van der Waals surface area contributed by atoms with Gasteiger partial charge in [0.2, 0.25) is 10.0 Å². The molecule has 0 radical (unpaired) electrons. The number of hydrogen-bond acceptors (Lipinski definition) is 5. The van der Waals surface area contributed by atoms with E-state index < -0.39 is 16.1 Å². The Labute approximate surface area is 166 Å². The number of H-pyrrole nitrogens is 1. The zero-order chi connectivity index (χ0) is 19.1. The summed E-state index contributed by atoms with van der Waals surface area (Å²) in [4.78, 5) is 4.47. The number of hydrogen-bond donors (Lipinski definition) is 2. The van der Waals surface area contributed by atoms with Gasteiger partial charge in [-0.15, -0.1) is 0 Å². The summed E-state index contributed by atoms with van der Waals surface area (Å²) in [6.45, 7) is 0. The molecule has 0 saturated carbocycles. The third-order valence-electron chi connectivity index (χ3n) is 4.88. The van der Waals surface area contributed by atoms with E-state index in [9.17, 15) is 8.42 Å². The van der Waals surface area contributed by atoms with Gasteiger partial charge in [-0.25, -0.2) is 18.1 Å². The summed E-state index contributed by atoms with van der Waals surface area (Å²) in [7, 11) is -3.68. The third-order valence-corrected chi connectivity index (χ3v) is 7.54. The lowest BCUT2D eigenvalue weighted by Gasteiger charge is -2.22. The molecular weight excluding hydrogens is 392 g/mol. The zero-order valence-electron chi connectivity index (χ0n) is 14.6. The van der Waals surface area contributed by atoms with Crippen LogP contribution in [0.25, 0.3) is 10.8 Å². The minimum absolute atomic E-state index is 0.160. The Balaban J connectivity index is 1.61. The van der Waals surface area contributed by atoms with Gasteiger partial charge in [0.15, 0.2) is 5.16 Å². The van der Waals surface area contributed by atoms with E-state index in [1.807, 2.05) is 30.3 Å². The molecule has 0 saturated heterocycles. The largest absolute Gasteiger partial charge is 0.254 e. The molecule has 0 amide bonds. The van der Waals surface area contributed by atoms with Crippen molar-refractivity contribution >= 4 is 32.6 Å². The summed E-state index contributed by atoms with van der Waals surface area (Å²) in [6.07, 6.45) is 1.45. The average molecular weight is 409 g/mol. The predicted octanol–water partition coefficient (Wildman–Crippen LogP) is 3.82. The highest BCUT2D eigenvalue weighted by molar-refractivity contribution is 7.99. The number of aromatic nitrogens is 3. The first-order valence-corrected chi connectivity index (χ1v) is 11.1. The topological polar surface area (TPSA) is 87.7 Å². The molecule has 0 spiro atoms. The van der Waals surface area contributed by atoms with Gasteiger partial charge in [0.1, 0.15) is 6.33 Å². The summed E-state index contributed by atoms with van der Waals surface area (Å²) < 4.78 is 29.0. The van der Waals surface area contributed by atoms with E-state index >= 15 is 0 Å². The highest BCUT2D eigenvalue weighted by Crippen LogP contribution is 2.52. The van der Waals surface area contributed by atoms with E-state index in [4.69, 9.17) is 0 Å². The number of rotatable bonds is 5. The monoisotopic (exact) mass is 408 g/mol. The molecule has 2 N–H and O–H groups in total. The molecule has 6 nitrogen and oxygen atoms in total. The van der Waals surface area contributed by atoms with Crippen LogP contribution in [-0.4, -0.2) is 23.6 Å². The summed E-state index contributed by atoms with van der Waals surface area (Å²) in [6, 6.07) is 20.1. The molecule has 28 heavy (non-hydrogen) atoms. The first-order valence-electron chi connectivity index (χ1n) is 8.74. The standard InChI is InChI=1S/C20H16N4O2S2/c25-28(26,14-8-2-1-3-9-14)24-18-15-10-4-6-13-7-5-11-16(17(13)15)19(18)27-20-21-12-22-23-20/h1-12,18-19,24H,(H,21,22,23)/t18-,19-/m1/s1. The second-order valence-corrected chi connectivity index (χ2v) is 9.38. The van der Waals surface area contributed by atoms with Crippen molar-refractivity contribution in [2.24, 2.45) is 0 Å². The fraction of sp³-hybridized carbons (Fsp3) is 0.100. The van der Waals surface area contributed by atoms with Crippen LogP contribution in [0.5, 0.6) is 0 Å². The highest BCUT2D eigenvalue weighted by Gasteiger charge is 2.38. The Morgan fingerprint density at radius 1 is 0.929 bits per heavy atom. The minimum Gasteiger partial charge on any atom is -0.254 e. The molecule has 0 aliphatic heterocycles. The van der Waals surface area contributed by atoms with Crippen LogP contribution < -0.4 is 4.72 Å². The third kappa shape index (κ3) is 2.90. The first-order chi connectivity index (χ1) is 13.6. The maximum Gasteiger partial charge on any atom is 0.241 e. The van der Waals surface area contributed by atoms with E-state index in [0.717, 1.165) is 21.9 Å². The average Bonchev–Trinajstić information content (AvgIpc) is 3.33. The van der Waals surface area contributed by atoms with Crippen molar-refractivity contribution in [2.75, 3.05) is 0 Å². The van der Waals surface area contributed by atoms with Gasteiger partial charge in [-0.2, -0.15) is 5.10 Å². The molecule has 2 atom stereocenters. The first kappa shape index (κ1) is 17.4. The van der Waals surface area contributed by atoms with Crippen molar-refractivity contribution in [3.63, 3.8) is 0 Å². The van der Waals surface area contributed by atoms with Gasteiger partial charge >= 0.3 is 0 Å². The molecule has 0 fully saturated rings. The van der Waals surface area contributed by atoms with Gasteiger partial charge in [0, 0.05) is 0 Å². The van der Waals surface area contributed by atoms with Crippen LogP contribution in [0.2, 0.25) is 0 Å². The lowest BCUT2D eigenvalue weighted by Crippen LogP contribution is -2.30. The van der Waals surface area contributed by atoms with Crippen LogP contribution in [-0.2, 0) is 10.0 Å². The molecule has 8 heteroatoms. The number of nitrogens with one attached hydrogen (secondary N) is 2. The van der Waals surface area contributed by atoms with Crippen molar-refractivity contribution in [3.05, 3.63) is 84.2 Å². The van der Waals surface area contributed by atoms with Crippen molar-refractivity contribution in [2.45, 2.75) is 21.3 Å². The fourth-order valence-corrected chi connectivity index (χ4v) is 6.16. The normalized spacial score (nSPS) is 18.6. The van der Waals surface area contributed by atoms with Crippen LogP contribution in [0.1, 0.15) is 22.4 Å². The Bertz CT molecular complexity index is 1240. The molecule has 0 unspecified atom stereocenters. The fourth-order valence-electron chi connectivity index (χ4n) is 3.70. The lowest BCUT2D eigenvalue weighted by atomic mass is 10.1. The molecule has 5 rings (SSSR count). The number of sulfonamides is 1. The Kier molecular flexibility index (Phi) is 4.19. The molecule has 1 aliphatic carbocycles.